The van der Waals surface area contributed by atoms with E-state index < -0.39 is 0 Å². The van der Waals surface area contributed by atoms with Gasteiger partial charge in [0.05, 0.1) is 17.2 Å². The fraction of sp³-hybridized carbons (Fsp3) is 0.400. The van der Waals surface area contributed by atoms with E-state index in [1.807, 2.05) is 0 Å². The molecule has 90 valence electrons. The van der Waals surface area contributed by atoms with Gasteiger partial charge in [-0.05, 0) is 24.1 Å². The minimum absolute atomic E-state index is 0. The molecule has 1 aromatic rings. The van der Waals surface area contributed by atoms with Crippen molar-refractivity contribution in [3.8, 4) is 11.5 Å². The molecular weight excluding hydrogens is 272 g/mol. The summed E-state index contributed by atoms with van der Waals surface area (Å²) < 4.78 is 5.04. The largest absolute Gasteiger partial charge is 0.503 e. The summed E-state index contributed by atoms with van der Waals surface area (Å²) in [5, 5.41) is 13.7. The number of phenols is 1. The average molecular weight is 285 g/mol. The summed E-state index contributed by atoms with van der Waals surface area (Å²) in [4.78, 5) is 0. The molecule has 1 aliphatic rings. The maximum Gasteiger partial charge on any atom is 0.181 e. The highest BCUT2D eigenvalue weighted by molar-refractivity contribution is 6.36. The Balaban J connectivity index is 0.00000128. The molecule has 2 N–H and O–H groups in total. The lowest BCUT2D eigenvalue weighted by molar-refractivity contribution is 0.372. The van der Waals surface area contributed by atoms with Crippen molar-refractivity contribution >= 4 is 35.6 Å². The van der Waals surface area contributed by atoms with E-state index in [-0.39, 0.29) is 23.9 Å². The Hall–Kier alpha value is -0.350. The molecular formula is C10H12Cl3NO2. The van der Waals surface area contributed by atoms with Crippen LogP contribution in [0.1, 0.15) is 11.1 Å². The molecule has 0 spiro atoms. The zero-order chi connectivity index (χ0) is 11.0. The Morgan fingerprint density at radius 3 is 2.56 bits per heavy atom. The van der Waals surface area contributed by atoms with Gasteiger partial charge in [0.2, 0.25) is 0 Å². The summed E-state index contributed by atoms with van der Waals surface area (Å²) >= 11 is 12.2. The number of methoxy groups -OCH3 is 1. The first-order chi connectivity index (χ1) is 7.16. The summed E-state index contributed by atoms with van der Waals surface area (Å²) in [5.41, 5.74) is 1.83. The quantitative estimate of drug-likeness (QED) is 0.833. The van der Waals surface area contributed by atoms with Gasteiger partial charge in [0.1, 0.15) is 0 Å². The molecule has 1 aromatic carbocycles. The van der Waals surface area contributed by atoms with Crippen molar-refractivity contribution in [3.63, 3.8) is 0 Å². The number of benzene rings is 1. The number of aromatic hydroxyl groups is 1. The number of nitrogens with one attached hydrogen (secondary N) is 1. The van der Waals surface area contributed by atoms with Crippen molar-refractivity contribution in [1.82, 2.24) is 5.32 Å². The maximum atomic E-state index is 9.77. The van der Waals surface area contributed by atoms with E-state index in [0.717, 1.165) is 24.1 Å². The van der Waals surface area contributed by atoms with Gasteiger partial charge in [0.25, 0.3) is 0 Å². The second-order valence-corrected chi connectivity index (χ2v) is 4.15. The van der Waals surface area contributed by atoms with Crippen LogP contribution in [0.3, 0.4) is 0 Å². The summed E-state index contributed by atoms with van der Waals surface area (Å²) in [6.07, 6.45) is 0.796. The van der Waals surface area contributed by atoms with Crippen LogP contribution < -0.4 is 10.1 Å². The lowest BCUT2D eigenvalue weighted by Crippen LogP contribution is -2.24. The molecule has 0 unspecified atom stereocenters. The first-order valence-corrected chi connectivity index (χ1v) is 5.38. The van der Waals surface area contributed by atoms with Crippen molar-refractivity contribution in [2.75, 3.05) is 13.7 Å². The number of hydrogen-bond donors (Lipinski definition) is 2. The Morgan fingerprint density at radius 1 is 1.25 bits per heavy atom. The zero-order valence-electron chi connectivity index (χ0n) is 8.64. The third-order valence-corrected chi connectivity index (χ3v) is 3.38. The van der Waals surface area contributed by atoms with Crippen LogP contribution in [-0.4, -0.2) is 18.8 Å². The molecule has 0 radical (unpaired) electrons. The standard InChI is InChI=1S/C10H11Cl2NO2.ClH/c1-15-10-8(12)5-2-3-13-4-6(5)7(11)9(10)14;/h13-14H,2-4H2,1H3;1H. The fourth-order valence-corrected chi connectivity index (χ4v) is 2.45. The molecule has 0 saturated carbocycles. The summed E-state index contributed by atoms with van der Waals surface area (Å²) in [6.45, 7) is 1.49. The molecule has 1 aliphatic heterocycles. The van der Waals surface area contributed by atoms with Crippen LogP contribution in [0.5, 0.6) is 11.5 Å². The Bertz CT molecular complexity index is 410. The number of rotatable bonds is 1. The van der Waals surface area contributed by atoms with Crippen LogP contribution in [0.2, 0.25) is 10.0 Å². The number of phenolic OH excluding ortho intramolecular Hbond substituents is 1. The van der Waals surface area contributed by atoms with Crippen LogP contribution in [0.15, 0.2) is 0 Å². The van der Waals surface area contributed by atoms with Gasteiger partial charge in [0, 0.05) is 6.54 Å². The van der Waals surface area contributed by atoms with Crippen molar-refractivity contribution < 1.29 is 9.84 Å². The van der Waals surface area contributed by atoms with E-state index >= 15 is 0 Å². The van der Waals surface area contributed by atoms with Crippen LogP contribution in [0, 0.1) is 0 Å². The first kappa shape index (κ1) is 13.7. The second kappa shape index (κ2) is 5.32. The lowest BCUT2D eigenvalue weighted by atomic mass is 10.00. The zero-order valence-corrected chi connectivity index (χ0v) is 11.0. The Morgan fingerprint density at radius 2 is 1.94 bits per heavy atom. The smallest absolute Gasteiger partial charge is 0.181 e. The van der Waals surface area contributed by atoms with Gasteiger partial charge in [-0.25, -0.2) is 0 Å². The van der Waals surface area contributed by atoms with E-state index in [9.17, 15) is 5.11 Å². The molecule has 2 rings (SSSR count). The minimum atomic E-state index is -0.0772. The van der Waals surface area contributed by atoms with Gasteiger partial charge >= 0.3 is 0 Å². The van der Waals surface area contributed by atoms with E-state index in [0.29, 0.717) is 16.6 Å². The van der Waals surface area contributed by atoms with E-state index in [1.165, 1.54) is 7.11 Å². The highest BCUT2D eigenvalue weighted by atomic mass is 35.5. The second-order valence-electron chi connectivity index (χ2n) is 3.39. The van der Waals surface area contributed by atoms with Gasteiger partial charge in [-0.3, -0.25) is 0 Å². The third kappa shape index (κ3) is 2.05. The van der Waals surface area contributed by atoms with Gasteiger partial charge in [-0.1, -0.05) is 23.2 Å². The van der Waals surface area contributed by atoms with Gasteiger partial charge < -0.3 is 15.2 Å². The molecule has 0 fully saturated rings. The average Bonchev–Trinajstić information content (AvgIpc) is 2.27. The highest BCUT2D eigenvalue weighted by Gasteiger charge is 2.23. The van der Waals surface area contributed by atoms with E-state index in [4.69, 9.17) is 27.9 Å². The van der Waals surface area contributed by atoms with Crippen molar-refractivity contribution in [3.05, 3.63) is 21.2 Å². The Labute approximate surface area is 110 Å². The van der Waals surface area contributed by atoms with Gasteiger partial charge in [-0.15, -0.1) is 12.4 Å². The maximum absolute atomic E-state index is 9.77. The number of fused-ring (bicyclic) bond motifs is 1. The fourth-order valence-electron chi connectivity index (χ4n) is 1.81. The van der Waals surface area contributed by atoms with Crippen molar-refractivity contribution in [2.45, 2.75) is 13.0 Å². The summed E-state index contributed by atoms with van der Waals surface area (Å²) in [5.74, 6) is 0.189. The first-order valence-electron chi connectivity index (χ1n) is 4.63. The highest BCUT2D eigenvalue weighted by Crippen LogP contribution is 2.45. The molecule has 3 nitrogen and oxygen atoms in total. The number of ether oxygens (including phenoxy) is 1. The molecule has 0 saturated heterocycles. The van der Waals surface area contributed by atoms with Gasteiger partial charge in [-0.2, -0.15) is 0 Å². The molecule has 0 atom stereocenters. The van der Waals surface area contributed by atoms with E-state index in [2.05, 4.69) is 5.32 Å². The van der Waals surface area contributed by atoms with E-state index in [1.54, 1.807) is 0 Å². The molecule has 0 amide bonds. The van der Waals surface area contributed by atoms with Crippen molar-refractivity contribution in [1.29, 1.82) is 0 Å². The Kier molecular flexibility index (Phi) is 4.56. The molecule has 6 heteroatoms. The monoisotopic (exact) mass is 283 g/mol. The molecule has 1 heterocycles. The minimum Gasteiger partial charge on any atom is -0.503 e. The topological polar surface area (TPSA) is 41.5 Å². The van der Waals surface area contributed by atoms with Crippen LogP contribution in [0.4, 0.5) is 0 Å². The predicted molar refractivity (Wildman–Crippen MR) is 67.3 cm³/mol. The molecule has 16 heavy (non-hydrogen) atoms. The normalized spacial score (nSPS) is 13.9. The van der Waals surface area contributed by atoms with Crippen LogP contribution in [0.25, 0.3) is 0 Å². The molecule has 0 bridgehead atoms. The third-order valence-electron chi connectivity index (χ3n) is 2.57. The number of halogens is 3. The predicted octanol–water partition coefficient (Wildman–Crippen LogP) is 2.78. The lowest BCUT2D eigenvalue weighted by Gasteiger charge is -2.22. The van der Waals surface area contributed by atoms with Crippen LogP contribution in [-0.2, 0) is 13.0 Å². The number of hydrogen-bond acceptors (Lipinski definition) is 3. The SMILES string of the molecule is COc1c(O)c(Cl)c2c(c1Cl)CCNC2.Cl. The molecule has 0 aromatic heterocycles. The molecule has 0 aliphatic carbocycles. The van der Waals surface area contributed by atoms with Crippen molar-refractivity contribution in [2.24, 2.45) is 0 Å². The summed E-state index contributed by atoms with van der Waals surface area (Å²) in [7, 11) is 1.46. The van der Waals surface area contributed by atoms with Gasteiger partial charge in [0.15, 0.2) is 11.5 Å². The van der Waals surface area contributed by atoms with Crippen LogP contribution >= 0.6 is 35.6 Å². The summed E-state index contributed by atoms with van der Waals surface area (Å²) in [6, 6.07) is 0.